The third kappa shape index (κ3) is 6.38. The maximum Gasteiger partial charge on any atom is 0.237 e. The smallest absolute Gasteiger partial charge is 0.237 e. The predicted molar refractivity (Wildman–Crippen MR) is 132 cm³/mol. The fraction of sp³-hybridized carbons (Fsp3) is 0.417. The lowest BCUT2D eigenvalue weighted by atomic mass is 9.90. The second kappa shape index (κ2) is 11.9. The molecule has 1 aliphatic carbocycles. The van der Waals surface area contributed by atoms with Crippen LogP contribution < -0.4 is 16.0 Å². The number of rotatable bonds is 9. The minimum absolute atomic E-state index is 0.0701. The molecule has 2 aromatic carbocycles. The highest BCUT2D eigenvalue weighted by atomic mass is 35.5. The molecule has 0 bridgehead atoms. The molecule has 1 saturated carbocycles. The van der Waals surface area contributed by atoms with Crippen molar-refractivity contribution in [3.63, 3.8) is 0 Å². The van der Waals surface area contributed by atoms with Crippen molar-refractivity contribution >= 4 is 52.8 Å². The van der Waals surface area contributed by atoms with E-state index in [2.05, 4.69) is 16.0 Å². The lowest BCUT2D eigenvalue weighted by Gasteiger charge is -2.30. The first-order valence-electron chi connectivity index (χ1n) is 10.9. The zero-order chi connectivity index (χ0) is 23.1. The fourth-order valence-electron chi connectivity index (χ4n) is 4.21. The molecule has 2 amide bonds. The Bertz CT molecular complexity index is 948. The van der Waals surface area contributed by atoms with Gasteiger partial charge in [0.15, 0.2) is 0 Å². The van der Waals surface area contributed by atoms with E-state index < -0.39 is 6.04 Å². The summed E-state index contributed by atoms with van der Waals surface area (Å²) in [4.78, 5) is 24.4. The first-order chi connectivity index (χ1) is 15.4. The largest absolute Gasteiger partial charge is 0.352 e. The average molecular weight is 497 g/mol. The maximum absolute atomic E-state index is 13.4. The normalized spacial score (nSPS) is 16.2. The van der Waals surface area contributed by atoms with Gasteiger partial charge in [0.25, 0.3) is 0 Å². The Morgan fingerprint density at radius 2 is 1.88 bits per heavy atom. The number of benzene rings is 2. The molecule has 0 aromatic heterocycles. The molecule has 1 aliphatic rings. The average Bonchev–Trinajstić information content (AvgIpc) is 2.78. The van der Waals surface area contributed by atoms with E-state index >= 15 is 0 Å². The Morgan fingerprint density at radius 3 is 2.59 bits per heavy atom. The van der Waals surface area contributed by atoms with E-state index in [1.165, 1.54) is 6.42 Å². The maximum atomic E-state index is 13.4. The van der Waals surface area contributed by atoms with Gasteiger partial charge in [-0.2, -0.15) is 0 Å². The molecule has 0 heterocycles. The highest BCUT2D eigenvalue weighted by Gasteiger charge is 2.30. The van der Waals surface area contributed by atoms with Gasteiger partial charge in [0.1, 0.15) is 0 Å². The van der Waals surface area contributed by atoms with E-state index in [1.54, 1.807) is 18.2 Å². The van der Waals surface area contributed by atoms with Crippen molar-refractivity contribution in [3.8, 4) is 0 Å². The molecule has 3 N–H and O–H groups in total. The van der Waals surface area contributed by atoms with Crippen molar-refractivity contribution in [1.82, 2.24) is 10.6 Å². The van der Waals surface area contributed by atoms with Crippen molar-refractivity contribution in [1.29, 1.82) is 0 Å². The van der Waals surface area contributed by atoms with Gasteiger partial charge < -0.3 is 16.0 Å². The molecular weight excluding hydrogens is 469 g/mol. The number of carbonyl (C=O) groups is 2. The van der Waals surface area contributed by atoms with Crippen molar-refractivity contribution in [2.45, 2.75) is 63.6 Å². The third-order valence-electron chi connectivity index (χ3n) is 6.00. The zero-order valence-electron chi connectivity index (χ0n) is 18.0. The Kier molecular flexibility index (Phi) is 9.23. The fourth-order valence-corrected chi connectivity index (χ4v) is 4.86. The van der Waals surface area contributed by atoms with Crippen LogP contribution in [-0.4, -0.2) is 24.4 Å². The Balaban J connectivity index is 1.83. The standard InChI is InChI=1S/C24H28Cl3N3O2/c1-15(19-8-5-9-20(26)22(19)27)23(24(32)30-18-6-3-2-4-7-18)28-13-16-10-11-17(25)12-21(16)29-14-31/h5,8-12,14-15,18,23,28H,2-4,6-7,13H2,1H3,(H,29,31)(H,30,32)/t15?,23-/m1/s1. The summed E-state index contributed by atoms with van der Waals surface area (Å²) in [7, 11) is 0. The van der Waals surface area contributed by atoms with Crippen molar-refractivity contribution < 1.29 is 9.59 Å². The van der Waals surface area contributed by atoms with Crippen molar-refractivity contribution in [3.05, 3.63) is 62.6 Å². The lowest BCUT2D eigenvalue weighted by Crippen LogP contribution is -2.50. The number of amides is 2. The van der Waals surface area contributed by atoms with E-state index in [0.29, 0.717) is 33.7 Å². The van der Waals surface area contributed by atoms with Gasteiger partial charge in [0, 0.05) is 29.2 Å². The van der Waals surface area contributed by atoms with Crippen LogP contribution >= 0.6 is 34.8 Å². The van der Waals surface area contributed by atoms with Gasteiger partial charge in [-0.25, -0.2) is 0 Å². The molecular formula is C24H28Cl3N3O2. The van der Waals surface area contributed by atoms with Gasteiger partial charge in [-0.05, 0) is 42.2 Å². The van der Waals surface area contributed by atoms with Crippen LogP contribution in [0.15, 0.2) is 36.4 Å². The number of hydrogen-bond acceptors (Lipinski definition) is 3. The van der Waals surface area contributed by atoms with Crippen LogP contribution in [0.5, 0.6) is 0 Å². The van der Waals surface area contributed by atoms with Crippen molar-refractivity contribution in [2.75, 3.05) is 5.32 Å². The summed E-state index contributed by atoms with van der Waals surface area (Å²) < 4.78 is 0. The monoisotopic (exact) mass is 495 g/mol. The minimum atomic E-state index is -0.548. The summed E-state index contributed by atoms with van der Waals surface area (Å²) in [5.41, 5.74) is 2.22. The van der Waals surface area contributed by atoms with E-state index in [9.17, 15) is 9.59 Å². The van der Waals surface area contributed by atoms with Gasteiger partial charge in [-0.15, -0.1) is 0 Å². The van der Waals surface area contributed by atoms with Crippen LogP contribution in [0.25, 0.3) is 0 Å². The van der Waals surface area contributed by atoms with Gasteiger partial charge in [0.2, 0.25) is 12.3 Å². The summed E-state index contributed by atoms with van der Waals surface area (Å²) in [5.74, 6) is -0.307. The summed E-state index contributed by atoms with van der Waals surface area (Å²) in [5, 5.41) is 10.7. The molecule has 2 atom stereocenters. The molecule has 0 radical (unpaired) electrons. The third-order valence-corrected chi connectivity index (χ3v) is 7.07. The summed E-state index contributed by atoms with van der Waals surface area (Å²) >= 11 is 18.8. The lowest BCUT2D eigenvalue weighted by molar-refractivity contribution is -0.124. The first kappa shape index (κ1) is 24.8. The van der Waals surface area contributed by atoms with E-state index in [4.69, 9.17) is 34.8 Å². The van der Waals surface area contributed by atoms with Crippen LogP contribution in [0.4, 0.5) is 5.69 Å². The van der Waals surface area contributed by atoms with E-state index in [0.717, 1.165) is 36.8 Å². The number of halogens is 3. The molecule has 1 fully saturated rings. The van der Waals surface area contributed by atoms with Crippen LogP contribution in [-0.2, 0) is 16.1 Å². The summed E-state index contributed by atoms with van der Waals surface area (Å²) in [6.45, 7) is 2.32. The number of anilines is 1. The minimum Gasteiger partial charge on any atom is -0.352 e. The van der Waals surface area contributed by atoms with Crippen LogP contribution in [0, 0.1) is 0 Å². The quantitative estimate of drug-likeness (QED) is 0.377. The van der Waals surface area contributed by atoms with Crippen LogP contribution in [0.3, 0.4) is 0 Å². The number of hydrogen-bond donors (Lipinski definition) is 3. The van der Waals surface area contributed by atoms with E-state index in [1.807, 2.05) is 25.1 Å². The van der Waals surface area contributed by atoms with E-state index in [-0.39, 0.29) is 17.9 Å². The Hall–Kier alpha value is -1.79. The second-order valence-electron chi connectivity index (χ2n) is 8.20. The van der Waals surface area contributed by atoms with Gasteiger partial charge >= 0.3 is 0 Å². The van der Waals surface area contributed by atoms with Gasteiger partial charge in [0.05, 0.1) is 16.1 Å². The highest BCUT2D eigenvalue weighted by Crippen LogP contribution is 2.33. The molecule has 8 heteroatoms. The molecule has 5 nitrogen and oxygen atoms in total. The molecule has 2 aromatic rings. The SMILES string of the molecule is CC(c1cccc(Cl)c1Cl)[C@@H](NCc1ccc(Cl)cc1NC=O)C(=O)NC1CCCCC1. The molecule has 0 saturated heterocycles. The van der Waals surface area contributed by atoms with Crippen LogP contribution in [0.2, 0.25) is 15.1 Å². The van der Waals surface area contributed by atoms with Gasteiger partial charge in [-0.3, -0.25) is 9.59 Å². The first-order valence-corrected chi connectivity index (χ1v) is 12.0. The molecule has 32 heavy (non-hydrogen) atoms. The predicted octanol–water partition coefficient (Wildman–Crippen LogP) is 5.93. The number of carbonyl (C=O) groups excluding carboxylic acids is 2. The Labute approximate surface area is 204 Å². The Morgan fingerprint density at radius 1 is 1.12 bits per heavy atom. The highest BCUT2D eigenvalue weighted by molar-refractivity contribution is 6.42. The molecule has 1 unspecified atom stereocenters. The summed E-state index contributed by atoms with van der Waals surface area (Å²) in [6, 6.07) is 10.4. The number of nitrogens with one attached hydrogen (secondary N) is 3. The topological polar surface area (TPSA) is 70.2 Å². The van der Waals surface area contributed by atoms with Crippen molar-refractivity contribution in [2.24, 2.45) is 0 Å². The van der Waals surface area contributed by atoms with Crippen LogP contribution in [0.1, 0.15) is 56.1 Å². The second-order valence-corrected chi connectivity index (χ2v) is 9.42. The summed E-state index contributed by atoms with van der Waals surface area (Å²) in [6.07, 6.45) is 6.07. The van der Waals surface area contributed by atoms with Gasteiger partial charge in [-0.1, -0.05) is 79.2 Å². The zero-order valence-corrected chi connectivity index (χ0v) is 20.2. The molecule has 3 rings (SSSR count). The molecule has 0 spiro atoms. The molecule has 172 valence electrons. The molecule has 0 aliphatic heterocycles.